The number of carbonyl (C=O) groups excluding carboxylic acids is 2. The molecule has 2 aromatic carbocycles. The summed E-state index contributed by atoms with van der Waals surface area (Å²) in [6.45, 7) is 1.97. The van der Waals surface area contributed by atoms with E-state index in [1.54, 1.807) is 42.5 Å². The van der Waals surface area contributed by atoms with Gasteiger partial charge in [-0.05, 0) is 71.5 Å². The highest BCUT2D eigenvalue weighted by Gasteiger charge is 2.36. The van der Waals surface area contributed by atoms with E-state index < -0.39 is 18.2 Å². The maximum atomic E-state index is 12.9. The minimum Gasteiger partial charge on any atom is -0.468 e. The average molecular weight is 680 g/mol. The molecule has 0 aliphatic carbocycles. The lowest BCUT2D eigenvalue weighted by molar-refractivity contribution is -0.0431. The van der Waals surface area contributed by atoms with Gasteiger partial charge in [-0.1, -0.05) is 35.3 Å². The minimum absolute atomic E-state index is 0.0787. The summed E-state index contributed by atoms with van der Waals surface area (Å²) in [5.41, 5.74) is 7.45. The van der Waals surface area contributed by atoms with Crippen LogP contribution in [0.3, 0.4) is 0 Å². The number of esters is 1. The first kappa shape index (κ1) is 27.3. The molecule has 200 valence electrons. The predicted octanol–water partition coefficient (Wildman–Crippen LogP) is 5.33. The van der Waals surface area contributed by atoms with Crippen molar-refractivity contribution in [3.8, 4) is 0 Å². The third kappa shape index (κ3) is 5.86. The van der Waals surface area contributed by atoms with Crippen LogP contribution in [-0.4, -0.2) is 50.8 Å². The van der Waals surface area contributed by atoms with Crippen molar-refractivity contribution in [2.45, 2.75) is 25.2 Å². The van der Waals surface area contributed by atoms with Crippen molar-refractivity contribution >= 4 is 80.9 Å². The molecule has 39 heavy (non-hydrogen) atoms. The van der Waals surface area contributed by atoms with Crippen LogP contribution >= 0.6 is 45.8 Å². The van der Waals surface area contributed by atoms with E-state index in [0.717, 1.165) is 5.56 Å². The summed E-state index contributed by atoms with van der Waals surface area (Å²) in [6, 6.07) is 13.7. The number of aldehydes is 1. The number of nitrogens with two attached hydrogens (primary N) is 1. The van der Waals surface area contributed by atoms with Crippen LogP contribution in [0.1, 0.15) is 39.4 Å². The number of benzene rings is 2. The van der Waals surface area contributed by atoms with Crippen molar-refractivity contribution in [2.24, 2.45) is 0 Å². The van der Waals surface area contributed by atoms with Crippen LogP contribution in [0, 0.1) is 3.70 Å². The molecule has 5 rings (SSSR count). The summed E-state index contributed by atoms with van der Waals surface area (Å²) in [6.07, 6.45) is 0.353. The van der Waals surface area contributed by atoms with Crippen molar-refractivity contribution in [3.05, 3.63) is 85.2 Å². The lowest BCUT2D eigenvalue weighted by atomic mass is 10.1. The van der Waals surface area contributed by atoms with Gasteiger partial charge in [0.25, 0.3) is 0 Å². The Balaban J connectivity index is 1.44. The molecule has 0 bridgehead atoms. The van der Waals surface area contributed by atoms with E-state index in [-0.39, 0.29) is 35.9 Å². The summed E-state index contributed by atoms with van der Waals surface area (Å²) in [4.78, 5) is 32.8. The highest BCUT2D eigenvalue weighted by molar-refractivity contribution is 14.1. The number of rotatable bonds is 8. The topological polar surface area (TPSA) is 131 Å². The first-order valence-electron chi connectivity index (χ1n) is 11.6. The minimum atomic E-state index is -0.831. The lowest BCUT2D eigenvalue weighted by Gasteiger charge is -2.22. The number of anilines is 1. The standard InChI is InChI=1S/C26H20Cl2IN5O5/c1-13(14-2-6-16(27)7-3-14)37-12-20-19(39-25(36)15-4-8-17(28)9-5-15)10-21(38-20)34-24-22(23(29)33-34)18(11-35)31-26(30)32-24/h2-11,13,19-20H,12H2,1H3,(H2,30,31,32)/t13?,19?,20-/m1/s1. The van der Waals surface area contributed by atoms with Gasteiger partial charge in [-0.25, -0.2) is 9.78 Å². The average Bonchev–Trinajstić information content (AvgIpc) is 3.47. The second-order valence-electron chi connectivity index (χ2n) is 8.55. The van der Waals surface area contributed by atoms with Crippen molar-refractivity contribution in [2.75, 3.05) is 12.3 Å². The molecule has 1 aliphatic rings. The fourth-order valence-electron chi connectivity index (χ4n) is 3.97. The fourth-order valence-corrected chi connectivity index (χ4v) is 4.96. The second kappa shape index (κ2) is 11.5. The van der Waals surface area contributed by atoms with Gasteiger partial charge >= 0.3 is 5.97 Å². The zero-order chi connectivity index (χ0) is 27.7. The molecule has 10 nitrogen and oxygen atoms in total. The van der Waals surface area contributed by atoms with E-state index in [2.05, 4.69) is 15.1 Å². The zero-order valence-electron chi connectivity index (χ0n) is 20.3. The summed E-state index contributed by atoms with van der Waals surface area (Å²) < 4.78 is 19.9. The van der Waals surface area contributed by atoms with E-state index in [4.69, 9.17) is 43.1 Å². The monoisotopic (exact) mass is 679 g/mol. The number of fused-ring (bicyclic) bond motifs is 1. The maximum Gasteiger partial charge on any atom is 0.338 e. The van der Waals surface area contributed by atoms with E-state index in [1.165, 1.54) is 4.68 Å². The number of halogens is 3. The summed E-state index contributed by atoms with van der Waals surface area (Å²) >= 11 is 13.9. The molecule has 2 N–H and O–H groups in total. The van der Waals surface area contributed by atoms with Gasteiger partial charge in [0.05, 0.1) is 23.7 Å². The Morgan fingerprint density at radius 1 is 1.15 bits per heavy atom. The van der Waals surface area contributed by atoms with Gasteiger partial charge < -0.3 is 19.9 Å². The Bertz CT molecular complexity index is 1580. The molecule has 0 amide bonds. The van der Waals surface area contributed by atoms with Crippen molar-refractivity contribution in [1.29, 1.82) is 0 Å². The third-order valence-corrected chi connectivity index (χ3v) is 7.23. The van der Waals surface area contributed by atoms with Crippen LogP contribution in [0.15, 0.2) is 54.6 Å². The molecule has 0 saturated carbocycles. The van der Waals surface area contributed by atoms with E-state index in [0.29, 0.717) is 31.0 Å². The largest absolute Gasteiger partial charge is 0.468 e. The Morgan fingerprint density at radius 3 is 2.49 bits per heavy atom. The number of hydrogen-bond donors (Lipinski definition) is 1. The molecular weight excluding hydrogens is 660 g/mol. The Kier molecular flexibility index (Phi) is 8.03. The number of nitrogens with zero attached hydrogens (tertiary/aromatic N) is 4. The van der Waals surface area contributed by atoms with Gasteiger partial charge in [0.15, 0.2) is 24.1 Å². The molecule has 0 saturated heterocycles. The predicted molar refractivity (Wildman–Crippen MR) is 153 cm³/mol. The van der Waals surface area contributed by atoms with Gasteiger partial charge in [0.2, 0.25) is 11.8 Å². The molecule has 2 unspecified atom stereocenters. The smallest absolute Gasteiger partial charge is 0.338 e. The van der Waals surface area contributed by atoms with Crippen LogP contribution < -0.4 is 5.73 Å². The van der Waals surface area contributed by atoms with Crippen LogP contribution in [0.25, 0.3) is 16.9 Å². The van der Waals surface area contributed by atoms with Gasteiger partial charge in [-0.15, -0.1) is 0 Å². The molecule has 3 heterocycles. The number of carbonyl (C=O) groups is 2. The summed E-state index contributed by atoms with van der Waals surface area (Å²) in [5.74, 6) is -0.425. The first-order valence-corrected chi connectivity index (χ1v) is 13.5. The summed E-state index contributed by atoms with van der Waals surface area (Å²) in [5, 5.41) is 6.02. The molecule has 0 radical (unpaired) electrons. The van der Waals surface area contributed by atoms with Gasteiger partial charge in [-0.2, -0.15) is 14.8 Å². The van der Waals surface area contributed by atoms with E-state index >= 15 is 0 Å². The van der Waals surface area contributed by atoms with Crippen LogP contribution in [0.4, 0.5) is 5.95 Å². The van der Waals surface area contributed by atoms with E-state index in [9.17, 15) is 9.59 Å². The first-order chi connectivity index (χ1) is 18.7. The lowest BCUT2D eigenvalue weighted by Crippen LogP contribution is -2.32. The highest BCUT2D eigenvalue weighted by atomic mass is 127. The molecule has 0 spiro atoms. The maximum absolute atomic E-state index is 12.9. The molecule has 3 atom stereocenters. The number of ether oxygens (including phenoxy) is 3. The van der Waals surface area contributed by atoms with Crippen molar-refractivity contribution in [3.63, 3.8) is 0 Å². The molecule has 1 aliphatic heterocycles. The fraction of sp³-hybridized carbons (Fsp3) is 0.192. The van der Waals surface area contributed by atoms with Crippen LogP contribution in [0.5, 0.6) is 0 Å². The Hall–Kier alpha value is -3.26. The molecule has 0 fully saturated rings. The Morgan fingerprint density at radius 2 is 1.82 bits per heavy atom. The molecule has 2 aromatic heterocycles. The number of aromatic nitrogens is 4. The van der Waals surface area contributed by atoms with Gasteiger partial charge in [0, 0.05) is 16.1 Å². The van der Waals surface area contributed by atoms with Gasteiger partial charge in [-0.3, -0.25) is 4.79 Å². The zero-order valence-corrected chi connectivity index (χ0v) is 23.9. The molecular formula is C26H20Cl2IN5O5. The normalized spacial score (nSPS) is 17.5. The van der Waals surface area contributed by atoms with Crippen LogP contribution in [-0.2, 0) is 14.2 Å². The van der Waals surface area contributed by atoms with Gasteiger partial charge in [0.1, 0.15) is 9.39 Å². The Labute approximate surface area is 246 Å². The molecule has 4 aromatic rings. The highest BCUT2D eigenvalue weighted by Crippen LogP contribution is 2.31. The second-order valence-corrected chi connectivity index (χ2v) is 10.4. The number of hydrogen-bond acceptors (Lipinski definition) is 9. The number of nitrogen functional groups attached to an aromatic ring is 1. The molecule has 13 heteroatoms. The summed E-state index contributed by atoms with van der Waals surface area (Å²) in [7, 11) is 0. The quantitative estimate of drug-likeness (QED) is 0.149. The van der Waals surface area contributed by atoms with E-state index in [1.807, 2.05) is 41.6 Å². The van der Waals surface area contributed by atoms with Crippen molar-refractivity contribution < 1.29 is 23.8 Å². The van der Waals surface area contributed by atoms with Crippen LogP contribution in [0.2, 0.25) is 10.0 Å². The SMILES string of the molecule is CC(OC[C@H]1OC(n2nc(I)c3c(C=O)nc(N)nc32)=CC1OC(=O)c1ccc(Cl)cc1)c1ccc(Cl)cc1. The third-order valence-electron chi connectivity index (χ3n) is 5.97. The van der Waals surface area contributed by atoms with Crippen molar-refractivity contribution in [1.82, 2.24) is 19.7 Å².